The molecule has 0 radical (unpaired) electrons. The van der Waals surface area contributed by atoms with Crippen LogP contribution in [0.15, 0.2) is 30.3 Å². The predicted octanol–water partition coefficient (Wildman–Crippen LogP) is 2.52. The van der Waals surface area contributed by atoms with Gasteiger partial charge >= 0.3 is 5.97 Å². The Labute approximate surface area is 121 Å². The normalized spacial score (nSPS) is 18.0. The van der Waals surface area contributed by atoms with Gasteiger partial charge in [-0.3, -0.25) is 19.7 Å². The van der Waals surface area contributed by atoms with Crippen LogP contribution in [-0.4, -0.2) is 23.3 Å². The van der Waals surface area contributed by atoms with E-state index in [0.29, 0.717) is 24.0 Å². The summed E-state index contributed by atoms with van der Waals surface area (Å²) < 4.78 is 5.03. The minimum Gasteiger partial charge on any atom is -0.466 e. The summed E-state index contributed by atoms with van der Waals surface area (Å²) >= 11 is 0. The van der Waals surface area contributed by atoms with Gasteiger partial charge in [-0.15, -0.1) is 0 Å². The van der Waals surface area contributed by atoms with Crippen molar-refractivity contribution in [3.63, 3.8) is 0 Å². The van der Waals surface area contributed by atoms with Gasteiger partial charge < -0.3 is 4.74 Å². The molecule has 0 N–H and O–H groups in total. The van der Waals surface area contributed by atoms with Crippen molar-refractivity contribution in [2.75, 3.05) is 6.61 Å². The van der Waals surface area contributed by atoms with E-state index in [0.717, 1.165) is 0 Å². The Bertz CT molecular complexity index is 603. The molecule has 0 bridgehead atoms. The molecule has 0 saturated carbocycles. The number of nitro groups is 1. The average molecular weight is 289 g/mol. The lowest BCUT2D eigenvalue weighted by Gasteiger charge is -2.22. The molecule has 0 heterocycles. The van der Waals surface area contributed by atoms with Gasteiger partial charge in [-0.25, -0.2) is 0 Å². The SMILES string of the molecule is CCOC(=O)C1CCC(=O)C=C1c1ccc([N+](=O)[O-])cc1. The summed E-state index contributed by atoms with van der Waals surface area (Å²) in [4.78, 5) is 33.8. The number of benzene rings is 1. The second-order valence-electron chi connectivity index (χ2n) is 4.71. The van der Waals surface area contributed by atoms with Crippen LogP contribution in [0, 0.1) is 16.0 Å². The summed E-state index contributed by atoms with van der Waals surface area (Å²) in [6.45, 7) is 2.00. The number of carbonyl (C=O) groups is 2. The summed E-state index contributed by atoms with van der Waals surface area (Å²) in [7, 11) is 0. The maximum atomic E-state index is 12.0. The molecule has 0 spiro atoms. The fourth-order valence-corrected chi connectivity index (χ4v) is 2.34. The maximum absolute atomic E-state index is 12.0. The second kappa shape index (κ2) is 6.30. The molecule has 6 nitrogen and oxygen atoms in total. The summed E-state index contributed by atoms with van der Waals surface area (Å²) in [6.07, 6.45) is 2.15. The molecule has 110 valence electrons. The van der Waals surface area contributed by atoms with Crippen molar-refractivity contribution in [2.45, 2.75) is 19.8 Å². The molecule has 1 aromatic rings. The van der Waals surface area contributed by atoms with Crippen LogP contribution in [-0.2, 0) is 14.3 Å². The minimum atomic E-state index is -0.496. The summed E-state index contributed by atoms with van der Waals surface area (Å²) in [5, 5.41) is 10.7. The standard InChI is InChI=1S/C15H15NO5/c1-2-21-15(18)13-8-7-12(17)9-14(13)10-3-5-11(6-4-10)16(19)20/h3-6,9,13H,2,7-8H2,1H3. The van der Waals surface area contributed by atoms with Crippen LogP contribution in [0.25, 0.3) is 5.57 Å². The monoisotopic (exact) mass is 289 g/mol. The van der Waals surface area contributed by atoms with Crippen LogP contribution in [0.3, 0.4) is 0 Å². The number of esters is 1. The molecule has 6 heteroatoms. The van der Waals surface area contributed by atoms with Crippen LogP contribution in [0.2, 0.25) is 0 Å². The van der Waals surface area contributed by atoms with Crippen LogP contribution in [0.5, 0.6) is 0 Å². The molecular weight excluding hydrogens is 274 g/mol. The Hall–Kier alpha value is -2.50. The molecule has 0 saturated heterocycles. The van der Waals surface area contributed by atoms with E-state index in [4.69, 9.17) is 4.74 Å². The van der Waals surface area contributed by atoms with E-state index >= 15 is 0 Å². The second-order valence-corrected chi connectivity index (χ2v) is 4.71. The average Bonchev–Trinajstić information content (AvgIpc) is 2.47. The summed E-state index contributed by atoms with van der Waals surface area (Å²) in [5.74, 6) is -0.914. The van der Waals surface area contributed by atoms with E-state index in [2.05, 4.69) is 0 Å². The first-order chi connectivity index (χ1) is 10.0. The third-order valence-corrected chi connectivity index (χ3v) is 3.35. The van der Waals surface area contributed by atoms with Crippen LogP contribution < -0.4 is 0 Å². The highest BCUT2D eigenvalue weighted by atomic mass is 16.6. The predicted molar refractivity (Wildman–Crippen MR) is 75.4 cm³/mol. The highest BCUT2D eigenvalue weighted by molar-refractivity contribution is 6.03. The number of hydrogen-bond donors (Lipinski definition) is 0. The number of carbonyl (C=O) groups excluding carboxylic acids is 2. The number of nitro benzene ring substituents is 1. The van der Waals surface area contributed by atoms with Crippen molar-refractivity contribution in [2.24, 2.45) is 5.92 Å². The first-order valence-corrected chi connectivity index (χ1v) is 6.68. The third-order valence-electron chi connectivity index (χ3n) is 3.35. The van der Waals surface area contributed by atoms with Gasteiger partial charge in [0.15, 0.2) is 5.78 Å². The fraction of sp³-hybridized carbons (Fsp3) is 0.333. The Balaban J connectivity index is 2.34. The van der Waals surface area contributed by atoms with E-state index in [1.807, 2.05) is 0 Å². The smallest absolute Gasteiger partial charge is 0.313 e. The highest BCUT2D eigenvalue weighted by Gasteiger charge is 2.29. The summed E-state index contributed by atoms with van der Waals surface area (Å²) in [5.41, 5.74) is 1.17. The number of rotatable bonds is 4. The van der Waals surface area contributed by atoms with Crippen molar-refractivity contribution in [3.05, 3.63) is 46.0 Å². The quantitative estimate of drug-likeness (QED) is 0.483. The number of ether oxygens (including phenoxy) is 1. The number of ketones is 1. The number of allylic oxidation sites excluding steroid dienone is 1. The number of nitrogens with zero attached hydrogens (tertiary/aromatic N) is 1. The zero-order valence-electron chi connectivity index (χ0n) is 11.6. The zero-order chi connectivity index (χ0) is 15.4. The molecule has 1 aromatic carbocycles. The molecule has 1 unspecified atom stereocenters. The van der Waals surface area contributed by atoms with Gasteiger partial charge in [0.05, 0.1) is 17.4 Å². The molecule has 1 atom stereocenters. The Morgan fingerprint density at radius 3 is 2.62 bits per heavy atom. The van der Waals surface area contributed by atoms with Crippen LogP contribution in [0.4, 0.5) is 5.69 Å². The van der Waals surface area contributed by atoms with Gasteiger partial charge in [-0.05, 0) is 42.7 Å². The zero-order valence-corrected chi connectivity index (χ0v) is 11.6. The van der Waals surface area contributed by atoms with E-state index < -0.39 is 10.8 Å². The van der Waals surface area contributed by atoms with E-state index in [-0.39, 0.29) is 24.0 Å². The Morgan fingerprint density at radius 1 is 1.38 bits per heavy atom. The lowest BCUT2D eigenvalue weighted by atomic mass is 9.83. The fourth-order valence-electron chi connectivity index (χ4n) is 2.34. The van der Waals surface area contributed by atoms with Gasteiger partial charge in [0.2, 0.25) is 0 Å². The van der Waals surface area contributed by atoms with Crippen molar-refractivity contribution in [1.82, 2.24) is 0 Å². The van der Waals surface area contributed by atoms with E-state index in [1.54, 1.807) is 19.1 Å². The Morgan fingerprint density at radius 2 is 2.05 bits per heavy atom. The van der Waals surface area contributed by atoms with Gasteiger partial charge in [0.25, 0.3) is 5.69 Å². The van der Waals surface area contributed by atoms with E-state index in [1.165, 1.54) is 18.2 Å². The van der Waals surface area contributed by atoms with Gasteiger partial charge in [-0.1, -0.05) is 0 Å². The molecule has 0 aromatic heterocycles. The van der Waals surface area contributed by atoms with Crippen LogP contribution >= 0.6 is 0 Å². The number of hydrogen-bond acceptors (Lipinski definition) is 5. The van der Waals surface area contributed by atoms with Crippen molar-refractivity contribution < 1.29 is 19.2 Å². The molecule has 1 aliphatic carbocycles. The van der Waals surface area contributed by atoms with E-state index in [9.17, 15) is 19.7 Å². The molecule has 0 fully saturated rings. The van der Waals surface area contributed by atoms with Gasteiger partial charge in [-0.2, -0.15) is 0 Å². The number of non-ortho nitro benzene ring substituents is 1. The minimum absolute atomic E-state index is 0.0332. The molecule has 2 rings (SSSR count). The van der Waals surface area contributed by atoms with Gasteiger partial charge in [0, 0.05) is 18.6 Å². The molecule has 0 aliphatic heterocycles. The Kier molecular flexibility index (Phi) is 4.47. The lowest BCUT2D eigenvalue weighted by Crippen LogP contribution is -2.23. The molecule has 0 amide bonds. The van der Waals surface area contributed by atoms with Gasteiger partial charge in [0.1, 0.15) is 0 Å². The molecule has 1 aliphatic rings. The lowest BCUT2D eigenvalue weighted by molar-refractivity contribution is -0.384. The van der Waals surface area contributed by atoms with Crippen LogP contribution in [0.1, 0.15) is 25.3 Å². The first kappa shape index (κ1) is 14.9. The summed E-state index contributed by atoms with van der Waals surface area (Å²) in [6, 6.07) is 5.82. The van der Waals surface area contributed by atoms with Crippen molar-refractivity contribution >= 4 is 23.0 Å². The first-order valence-electron chi connectivity index (χ1n) is 6.68. The van der Waals surface area contributed by atoms with Crippen molar-refractivity contribution in [3.8, 4) is 0 Å². The largest absolute Gasteiger partial charge is 0.466 e. The molecule has 21 heavy (non-hydrogen) atoms. The maximum Gasteiger partial charge on any atom is 0.313 e. The highest BCUT2D eigenvalue weighted by Crippen LogP contribution is 2.33. The molecular formula is C15H15NO5. The third kappa shape index (κ3) is 3.34. The van der Waals surface area contributed by atoms with Crippen molar-refractivity contribution in [1.29, 1.82) is 0 Å². The topological polar surface area (TPSA) is 86.5 Å².